The van der Waals surface area contributed by atoms with Crippen molar-refractivity contribution in [3.63, 3.8) is 0 Å². The van der Waals surface area contributed by atoms with Crippen molar-refractivity contribution in [1.82, 2.24) is 14.7 Å². The molecule has 4 fully saturated rings. The third kappa shape index (κ3) is 7.65. The SMILES string of the molecule is CC[C@H]1CN(C(=O)[C@]2(F)CN(C3CCN(C(C)(C)C)CC3)C[C@H]2c2ccc(OC)cc2)C[C@@H]1c1ccc(C(F)(F)F)cc1N1CCC(C(=O)O)CC1. The van der Waals surface area contributed by atoms with Gasteiger partial charge in [-0.3, -0.25) is 19.4 Å². The second-order valence-electron chi connectivity index (χ2n) is 16.4. The number of carboxylic acid groups (broad SMARTS) is 1. The number of benzene rings is 2. The first-order chi connectivity index (χ1) is 24.5. The van der Waals surface area contributed by atoms with Crippen LogP contribution in [0.2, 0.25) is 0 Å². The summed E-state index contributed by atoms with van der Waals surface area (Å²) < 4.78 is 65.3. The van der Waals surface area contributed by atoms with Crippen LogP contribution in [0.4, 0.5) is 23.2 Å². The maximum Gasteiger partial charge on any atom is 0.416 e. The number of rotatable bonds is 8. The Balaban J connectivity index is 1.28. The molecule has 0 saturated carbocycles. The van der Waals surface area contributed by atoms with Crippen LogP contribution in [0.15, 0.2) is 42.5 Å². The number of alkyl halides is 4. The second kappa shape index (κ2) is 14.8. The van der Waals surface area contributed by atoms with Gasteiger partial charge in [0, 0.05) is 81.5 Å². The molecule has 12 heteroatoms. The summed E-state index contributed by atoms with van der Waals surface area (Å²) in [6, 6.07) is 11.2. The van der Waals surface area contributed by atoms with Crippen molar-refractivity contribution in [2.75, 3.05) is 64.4 Å². The van der Waals surface area contributed by atoms with Crippen LogP contribution in [-0.4, -0.2) is 108 Å². The van der Waals surface area contributed by atoms with Gasteiger partial charge in [-0.25, -0.2) is 4.39 Å². The number of carbonyl (C=O) groups is 2. The Morgan fingerprint density at radius 1 is 0.923 bits per heavy atom. The molecule has 0 radical (unpaired) electrons. The van der Waals surface area contributed by atoms with Crippen molar-refractivity contribution in [1.29, 1.82) is 0 Å². The second-order valence-corrected chi connectivity index (χ2v) is 16.4. The molecule has 0 bridgehead atoms. The van der Waals surface area contributed by atoms with E-state index in [-0.39, 0.29) is 36.5 Å². The summed E-state index contributed by atoms with van der Waals surface area (Å²) in [5.74, 6) is -2.41. The number of likely N-dealkylation sites (tertiary alicyclic amines) is 3. The highest BCUT2D eigenvalue weighted by Crippen LogP contribution is 2.47. The molecule has 2 aromatic carbocycles. The summed E-state index contributed by atoms with van der Waals surface area (Å²) in [6.07, 6.45) is -1.44. The maximum atomic E-state index is 17.9. The average molecular weight is 731 g/mol. The van der Waals surface area contributed by atoms with Crippen LogP contribution in [0.5, 0.6) is 5.75 Å². The van der Waals surface area contributed by atoms with Crippen LogP contribution in [0.3, 0.4) is 0 Å². The van der Waals surface area contributed by atoms with E-state index in [2.05, 4.69) is 30.6 Å². The van der Waals surface area contributed by atoms with Gasteiger partial charge in [0.15, 0.2) is 0 Å². The molecule has 4 heterocycles. The number of carboxylic acids is 1. The number of aliphatic carboxylic acids is 1. The van der Waals surface area contributed by atoms with E-state index in [1.807, 2.05) is 24.0 Å². The first-order valence-corrected chi connectivity index (χ1v) is 18.8. The van der Waals surface area contributed by atoms with Gasteiger partial charge in [-0.2, -0.15) is 13.2 Å². The Morgan fingerprint density at radius 3 is 2.13 bits per heavy atom. The van der Waals surface area contributed by atoms with Gasteiger partial charge in [-0.05, 0) is 87.8 Å². The highest BCUT2D eigenvalue weighted by molar-refractivity contribution is 5.88. The number of carbonyl (C=O) groups excluding carboxylic acids is 1. The van der Waals surface area contributed by atoms with Gasteiger partial charge >= 0.3 is 12.1 Å². The lowest BCUT2D eigenvalue weighted by Crippen LogP contribution is -2.52. The Bertz CT molecular complexity index is 1580. The standard InChI is InChI=1S/C40H54F4N4O4/c1-6-26-22-46(23-33(26)32-12-9-29(40(42,43)44)21-35(32)45-17-13-28(14-18-45)36(49)50)37(51)39(41)25-47(30-15-19-48(20-16-30)38(2,3)4)24-34(39)27-7-10-31(52-5)11-8-27/h7-12,21,26,28,30,33-34H,6,13-20,22-25H2,1-5H3,(H,49,50)/t26-,33-,34-,39-/m0/s1. The molecule has 6 rings (SSSR count). The monoisotopic (exact) mass is 730 g/mol. The minimum Gasteiger partial charge on any atom is -0.497 e. The van der Waals surface area contributed by atoms with E-state index in [9.17, 15) is 27.9 Å². The molecule has 1 N–H and O–H groups in total. The third-order valence-electron chi connectivity index (χ3n) is 12.4. The van der Waals surface area contributed by atoms with E-state index in [1.165, 1.54) is 12.1 Å². The van der Waals surface area contributed by atoms with Gasteiger partial charge < -0.3 is 19.6 Å². The van der Waals surface area contributed by atoms with E-state index >= 15 is 4.39 Å². The van der Waals surface area contributed by atoms with Crippen LogP contribution in [0, 0.1) is 11.8 Å². The Labute approximate surface area is 305 Å². The highest BCUT2D eigenvalue weighted by Gasteiger charge is 2.57. The molecular weight excluding hydrogens is 676 g/mol. The quantitative estimate of drug-likeness (QED) is 0.292. The van der Waals surface area contributed by atoms with Gasteiger partial charge in [0.2, 0.25) is 5.67 Å². The molecule has 4 saturated heterocycles. The van der Waals surface area contributed by atoms with Crippen LogP contribution in [0.25, 0.3) is 0 Å². The lowest BCUT2D eigenvalue weighted by atomic mass is 9.84. The van der Waals surface area contributed by atoms with Gasteiger partial charge in [0.1, 0.15) is 5.75 Å². The van der Waals surface area contributed by atoms with Crippen LogP contribution in [-0.2, 0) is 15.8 Å². The zero-order chi connectivity index (χ0) is 37.6. The first kappa shape index (κ1) is 38.3. The smallest absolute Gasteiger partial charge is 0.416 e. The number of anilines is 1. The molecule has 4 aliphatic heterocycles. The highest BCUT2D eigenvalue weighted by atomic mass is 19.4. The fourth-order valence-electron chi connectivity index (χ4n) is 9.19. The number of hydrogen-bond acceptors (Lipinski definition) is 6. The molecule has 0 aromatic heterocycles. The van der Waals surface area contributed by atoms with Crippen molar-refractivity contribution in [2.45, 2.75) is 95.1 Å². The molecule has 2 aromatic rings. The Kier molecular flexibility index (Phi) is 10.9. The van der Waals surface area contributed by atoms with E-state index in [4.69, 9.17) is 4.74 Å². The number of methoxy groups -OCH3 is 1. The minimum absolute atomic E-state index is 0.00920. The number of ether oxygens (including phenoxy) is 1. The summed E-state index contributed by atoms with van der Waals surface area (Å²) in [7, 11) is 1.58. The molecule has 0 aliphatic carbocycles. The van der Waals surface area contributed by atoms with Gasteiger partial charge in [-0.1, -0.05) is 31.5 Å². The summed E-state index contributed by atoms with van der Waals surface area (Å²) >= 11 is 0. The number of nitrogens with zero attached hydrogens (tertiary/aromatic N) is 4. The van der Waals surface area contributed by atoms with Gasteiger partial charge in [0.25, 0.3) is 5.91 Å². The minimum atomic E-state index is -4.55. The molecule has 0 spiro atoms. The van der Waals surface area contributed by atoms with Crippen molar-refractivity contribution in [2.24, 2.45) is 11.8 Å². The molecule has 52 heavy (non-hydrogen) atoms. The van der Waals surface area contributed by atoms with Crippen LogP contribution < -0.4 is 9.64 Å². The predicted molar refractivity (Wildman–Crippen MR) is 193 cm³/mol. The topological polar surface area (TPSA) is 76.6 Å². The zero-order valence-corrected chi connectivity index (χ0v) is 31.1. The summed E-state index contributed by atoms with van der Waals surface area (Å²) in [6.45, 7) is 12.0. The lowest BCUT2D eigenvalue weighted by Gasteiger charge is -2.43. The number of hydrogen-bond donors (Lipinski definition) is 1. The predicted octanol–water partition coefficient (Wildman–Crippen LogP) is 7.04. The summed E-state index contributed by atoms with van der Waals surface area (Å²) in [4.78, 5) is 34.4. The van der Waals surface area contributed by atoms with E-state index < -0.39 is 41.1 Å². The fraction of sp³-hybridized carbons (Fsp3) is 0.650. The van der Waals surface area contributed by atoms with E-state index in [0.717, 1.165) is 37.6 Å². The van der Waals surface area contributed by atoms with Crippen molar-refractivity contribution in [3.05, 3.63) is 59.2 Å². The van der Waals surface area contributed by atoms with E-state index in [1.54, 1.807) is 24.1 Å². The molecule has 4 atom stereocenters. The van der Waals surface area contributed by atoms with Crippen LogP contribution >= 0.6 is 0 Å². The van der Waals surface area contributed by atoms with Gasteiger partial charge in [0.05, 0.1) is 18.6 Å². The fourth-order valence-corrected chi connectivity index (χ4v) is 9.19. The largest absolute Gasteiger partial charge is 0.497 e. The number of halogens is 4. The molecule has 0 unspecified atom stereocenters. The third-order valence-corrected chi connectivity index (χ3v) is 12.4. The summed E-state index contributed by atoms with van der Waals surface area (Å²) in [5, 5.41) is 9.53. The zero-order valence-electron chi connectivity index (χ0n) is 31.1. The van der Waals surface area contributed by atoms with Gasteiger partial charge in [-0.15, -0.1) is 0 Å². The molecule has 1 amide bonds. The van der Waals surface area contributed by atoms with Crippen molar-refractivity contribution < 1.29 is 37.0 Å². The van der Waals surface area contributed by atoms with Crippen LogP contribution in [0.1, 0.15) is 88.3 Å². The van der Waals surface area contributed by atoms with E-state index in [0.29, 0.717) is 62.4 Å². The molecular formula is C40H54F4N4O4. The Hall–Kier alpha value is -3.38. The maximum absolute atomic E-state index is 17.9. The molecule has 8 nitrogen and oxygen atoms in total. The van der Waals surface area contributed by atoms with Crippen molar-refractivity contribution >= 4 is 17.6 Å². The molecule has 4 aliphatic rings. The average Bonchev–Trinajstić information content (AvgIpc) is 3.72. The molecule has 286 valence electrons. The summed E-state index contributed by atoms with van der Waals surface area (Å²) in [5.41, 5.74) is -1.05. The Morgan fingerprint density at radius 2 is 1.58 bits per heavy atom. The van der Waals surface area contributed by atoms with Crippen molar-refractivity contribution in [3.8, 4) is 5.75 Å². The lowest BCUT2D eigenvalue weighted by molar-refractivity contribution is -0.143. The number of piperidine rings is 2. The first-order valence-electron chi connectivity index (χ1n) is 18.8. The number of amides is 1. The normalized spacial score (nSPS) is 27.4.